The highest BCUT2D eigenvalue weighted by molar-refractivity contribution is 6.07. The van der Waals surface area contributed by atoms with Crippen molar-refractivity contribution < 1.29 is 24.0 Å². The number of nitrogens with zero attached hydrogens (tertiary/aromatic N) is 2. The average molecular weight is 346 g/mol. The molecule has 2 fully saturated rings. The molecule has 1 aliphatic heterocycles. The van der Waals surface area contributed by atoms with Gasteiger partial charge < -0.3 is 4.74 Å². The van der Waals surface area contributed by atoms with Crippen LogP contribution in [0.5, 0.6) is 0 Å². The first kappa shape index (κ1) is 17.1. The maximum atomic E-state index is 12.3. The smallest absolute Gasteiger partial charge is 0.326 e. The lowest BCUT2D eigenvalue weighted by Crippen LogP contribution is -2.36. The molecule has 0 N–H and O–H groups in total. The molecule has 0 aromatic heterocycles. The fraction of sp³-hybridized carbons (Fsp3) is 0.471. The summed E-state index contributed by atoms with van der Waals surface area (Å²) in [5.41, 5.74) is 0.539. The van der Waals surface area contributed by atoms with Crippen LogP contribution in [0.2, 0.25) is 0 Å². The zero-order valence-corrected chi connectivity index (χ0v) is 13.6. The monoisotopic (exact) mass is 346 g/mol. The first-order chi connectivity index (χ1) is 12.0. The molecule has 8 nitrogen and oxygen atoms in total. The standard InChI is InChI=1S/C17H18N2O6/c20-15(25-10-11-5-7-12(8-6-11)19(23)24)9-18-16(21)13-3-1-2-4-14(13)17(18)22/h5-8,13-14H,1-4,9-10H2/t13-,14+. The summed E-state index contributed by atoms with van der Waals surface area (Å²) in [5, 5.41) is 10.6. The molecule has 1 aliphatic carbocycles. The van der Waals surface area contributed by atoms with E-state index in [1.807, 2.05) is 0 Å². The van der Waals surface area contributed by atoms with Gasteiger partial charge in [-0.3, -0.25) is 29.4 Å². The Morgan fingerprint density at radius 3 is 2.20 bits per heavy atom. The molecule has 132 valence electrons. The van der Waals surface area contributed by atoms with E-state index in [9.17, 15) is 24.5 Å². The quantitative estimate of drug-likeness (QED) is 0.348. The molecule has 1 heterocycles. The molecule has 0 radical (unpaired) electrons. The van der Waals surface area contributed by atoms with E-state index in [2.05, 4.69) is 0 Å². The third kappa shape index (κ3) is 3.52. The molecular weight excluding hydrogens is 328 g/mol. The van der Waals surface area contributed by atoms with Crippen LogP contribution >= 0.6 is 0 Å². The topological polar surface area (TPSA) is 107 Å². The lowest BCUT2D eigenvalue weighted by atomic mass is 9.81. The average Bonchev–Trinajstić information content (AvgIpc) is 2.86. The van der Waals surface area contributed by atoms with Gasteiger partial charge in [0.1, 0.15) is 13.2 Å². The van der Waals surface area contributed by atoms with E-state index in [4.69, 9.17) is 4.74 Å². The van der Waals surface area contributed by atoms with Crippen molar-refractivity contribution in [2.24, 2.45) is 11.8 Å². The van der Waals surface area contributed by atoms with Crippen molar-refractivity contribution >= 4 is 23.5 Å². The number of ether oxygens (including phenoxy) is 1. The van der Waals surface area contributed by atoms with E-state index in [1.54, 1.807) is 0 Å². The third-order valence-corrected chi connectivity index (χ3v) is 4.77. The first-order valence-electron chi connectivity index (χ1n) is 8.21. The van der Waals surface area contributed by atoms with Crippen LogP contribution in [0.1, 0.15) is 31.2 Å². The van der Waals surface area contributed by atoms with E-state index < -0.39 is 10.9 Å². The molecule has 8 heteroatoms. The Hall–Kier alpha value is -2.77. The van der Waals surface area contributed by atoms with Crippen LogP contribution in [0.3, 0.4) is 0 Å². The molecule has 2 aliphatic rings. The van der Waals surface area contributed by atoms with Crippen molar-refractivity contribution in [3.8, 4) is 0 Å². The van der Waals surface area contributed by atoms with Gasteiger partial charge in [-0.1, -0.05) is 12.8 Å². The maximum absolute atomic E-state index is 12.3. The number of benzene rings is 1. The fourth-order valence-corrected chi connectivity index (χ4v) is 3.44. The van der Waals surface area contributed by atoms with Gasteiger partial charge in [-0.05, 0) is 30.5 Å². The molecule has 2 atom stereocenters. The Morgan fingerprint density at radius 2 is 1.68 bits per heavy atom. The molecule has 0 spiro atoms. The van der Waals surface area contributed by atoms with Crippen molar-refractivity contribution in [2.45, 2.75) is 32.3 Å². The van der Waals surface area contributed by atoms with Gasteiger partial charge in [-0.15, -0.1) is 0 Å². The third-order valence-electron chi connectivity index (χ3n) is 4.77. The summed E-state index contributed by atoms with van der Waals surface area (Å²) < 4.78 is 5.09. The van der Waals surface area contributed by atoms with Crippen LogP contribution in [-0.4, -0.2) is 34.2 Å². The zero-order valence-electron chi connectivity index (χ0n) is 13.6. The summed E-state index contributed by atoms with van der Waals surface area (Å²) in [5.74, 6) is -1.80. The van der Waals surface area contributed by atoms with Crippen molar-refractivity contribution in [2.75, 3.05) is 6.54 Å². The molecule has 1 aromatic carbocycles. The molecule has 1 saturated heterocycles. The highest BCUT2D eigenvalue weighted by atomic mass is 16.6. The minimum atomic E-state index is -0.668. The number of esters is 1. The van der Waals surface area contributed by atoms with Crippen molar-refractivity contribution in [1.82, 2.24) is 4.90 Å². The molecule has 2 amide bonds. The highest BCUT2D eigenvalue weighted by Gasteiger charge is 2.48. The molecular formula is C17H18N2O6. The van der Waals surface area contributed by atoms with E-state index in [-0.39, 0.29) is 42.5 Å². The Kier molecular flexibility index (Phi) is 4.78. The minimum absolute atomic E-state index is 0.0501. The summed E-state index contributed by atoms with van der Waals surface area (Å²) in [6.45, 7) is -0.447. The van der Waals surface area contributed by atoms with Gasteiger partial charge in [-0.2, -0.15) is 0 Å². The lowest BCUT2D eigenvalue weighted by Gasteiger charge is -2.19. The van der Waals surface area contributed by atoms with E-state index in [0.717, 1.165) is 17.7 Å². The van der Waals surface area contributed by atoms with Crippen LogP contribution in [0.4, 0.5) is 5.69 Å². The number of carbonyl (C=O) groups is 3. The number of amides is 2. The second-order valence-electron chi connectivity index (χ2n) is 6.34. The second kappa shape index (κ2) is 7.00. The van der Waals surface area contributed by atoms with Crippen molar-refractivity contribution in [1.29, 1.82) is 0 Å². The summed E-state index contributed by atoms with van der Waals surface area (Å²) in [4.78, 5) is 47.6. The van der Waals surface area contributed by atoms with Crippen LogP contribution in [-0.2, 0) is 25.7 Å². The maximum Gasteiger partial charge on any atom is 0.326 e. The number of nitro groups is 1. The van der Waals surface area contributed by atoms with Crippen LogP contribution in [0.15, 0.2) is 24.3 Å². The molecule has 0 unspecified atom stereocenters. The van der Waals surface area contributed by atoms with Crippen molar-refractivity contribution in [3.05, 3.63) is 39.9 Å². The van der Waals surface area contributed by atoms with Gasteiger partial charge in [0.05, 0.1) is 16.8 Å². The predicted molar refractivity (Wildman–Crippen MR) is 85.1 cm³/mol. The van der Waals surface area contributed by atoms with E-state index in [1.165, 1.54) is 24.3 Å². The highest BCUT2D eigenvalue weighted by Crippen LogP contribution is 2.37. The Morgan fingerprint density at radius 1 is 1.12 bits per heavy atom. The molecule has 1 saturated carbocycles. The number of fused-ring (bicyclic) bond motifs is 1. The number of nitro benzene ring substituents is 1. The van der Waals surface area contributed by atoms with Crippen LogP contribution < -0.4 is 0 Å². The summed E-state index contributed by atoms with van der Waals surface area (Å²) >= 11 is 0. The number of imide groups is 1. The van der Waals surface area contributed by atoms with Gasteiger partial charge in [0.2, 0.25) is 11.8 Å². The van der Waals surface area contributed by atoms with E-state index in [0.29, 0.717) is 18.4 Å². The van der Waals surface area contributed by atoms with Gasteiger partial charge >= 0.3 is 5.97 Å². The Balaban J connectivity index is 1.54. The number of likely N-dealkylation sites (tertiary alicyclic amines) is 1. The summed E-state index contributed by atoms with van der Waals surface area (Å²) in [6.07, 6.45) is 3.25. The number of non-ortho nitro benzene ring substituents is 1. The number of hydrogen-bond donors (Lipinski definition) is 0. The van der Waals surface area contributed by atoms with Crippen molar-refractivity contribution in [3.63, 3.8) is 0 Å². The Bertz CT molecular complexity index is 690. The normalized spacial score (nSPS) is 22.6. The lowest BCUT2D eigenvalue weighted by molar-refractivity contribution is -0.384. The molecule has 1 aromatic rings. The van der Waals surface area contributed by atoms with Gasteiger partial charge in [0, 0.05) is 12.1 Å². The summed E-state index contributed by atoms with van der Waals surface area (Å²) in [7, 11) is 0. The van der Waals surface area contributed by atoms with Crippen LogP contribution in [0, 0.1) is 22.0 Å². The van der Waals surface area contributed by atoms with Gasteiger partial charge in [0.25, 0.3) is 5.69 Å². The first-order valence-corrected chi connectivity index (χ1v) is 8.21. The largest absolute Gasteiger partial charge is 0.459 e. The number of carbonyl (C=O) groups excluding carboxylic acids is 3. The SMILES string of the molecule is O=C(CN1C(=O)[C@H]2CCCC[C@H]2C1=O)OCc1ccc([N+](=O)[O-])cc1. The predicted octanol–water partition coefficient (Wildman–Crippen LogP) is 1.81. The fourth-order valence-electron chi connectivity index (χ4n) is 3.44. The molecule has 25 heavy (non-hydrogen) atoms. The van der Waals surface area contributed by atoms with E-state index >= 15 is 0 Å². The van der Waals surface area contributed by atoms with Gasteiger partial charge in [-0.25, -0.2) is 0 Å². The number of hydrogen-bond acceptors (Lipinski definition) is 6. The minimum Gasteiger partial charge on any atom is -0.459 e. The zero-order chi connectivity index (χ0) is 18.0. The molecule has 3 rings (SSSR count). The molecule has 0 bridgehead atoms. The number of rotatable bonds is 5. The second-order valence-corrected chi connectivity index (χ2v) is 6.34. The van der Waals surface area contributed by atoms with Crippen LogP contribution in [0.25, 0.3) is 0 Å². The van der Waals surface area contributed by atoms with Gasteiger partial charge in [0.15, 0.2) is 0 Å². The summed E-state index contributed by atoms with van der Waals surface area (Å²) in [6, 6.07) is 5.63. The Labute approximate surface area is 143 Å².